The van der Waals surface area contributed by atoms with Crippen molar-refractivity contribution in [2.75, 3.05) is 13.2 Å². The zero-order valence-electron chi connectivity index (χ0n) is 34.7. The number of carbonyl (C=O) groups is 3. The SMILES string of the molecule is CCCCCCCCCC(=O)OC[C@H](COC(=O)CCCCCCCCCCCCCC(C)C)OC(=O)CCCCCCCCCCC(C)CC. The van der Waals surface area contributed by atoms with Crippen LogP contribution in [0, 0.1) is 11.8 Å². The number of esters is 3. The first-order valence-corrected chi connectivity index (χ1v) is 22.3. The van der Waals surface area contributed by atoms with Gasteiger partial charge in [0.15, 0.2) is 6.10 Å². The fourth-order valence-corrected chi connectivity index (χ4v) is 6.54. The molecule has 0 fully saturated rings. The molecule has 2 atom stereocenters. The van der Waals surface area contributed by atoms with E-state index in [0.717, 1.165) is 69.6 Å². The van der Waals surface area contributed by atoms with E-state index in [9.17, 15) is 14.4 Å². The van der Waals surface area contributed by atoms with Crippen molar-refractivity contribution in [1.29, 1.82) is 0 Å². The smallest absolute Gasteiger partial charge is 0.306 e. The molecule has 0 rings (SSSR count). The van der Waals surface area contributed by atoms with Crippen LogP contribution in [0.4, 0.5) is 0 Å². The molecule has 302 valence electrons. The third kappa shape index (κ3) is 38.0. The van der Waals surface area contributed by atoms with E-state index in [1.54, 1.807) is 0 Å². The van der Waals surface area contributed by atoms with Gasteiger partial charge in [-0.1, -0.05) is 202 Å². The lowest BCUT2D eigenvalue weighted by Gasteiger charge is -2.18. The van der Waals surface area contributed by atoms with Crippen molar-refractivity contribution >= 4 is 17.9 Å². The van der Waals surface area contributed by atoms with Crippen LogP contribution in [0.2, 0.25) is 0 Å². The third-order valence-electron chi connectivity index (χ3n) is 10.3. The Morgan fingerprint density at radius 2 is 0.745 bits per heavy atom. The van der Waals surface area contributed by atoms with Crippen LogP contribution >= 0.6 is 0 Å². The van der Waals surface area contributed by atoms with E-state index in [4.69, 9.17) is 14.2 Å². The highest BCUT2D eigenvalue weighted by Crippen LogP contribution is 2.17. The molecule has 0 bridgehead atoms. The summed E-state index contributed by atoms with van der Waals surface area (Å²) in [6.07, 6.45) is 35.2. The molecular weight excluding hydrogens is 636 g/mol. The molecule has 0 aliphatic rings. The average Bonchev–Trinajstić information content (AvgIpc) is 3.11. The van der Waals surface area contributed by atoms with E-state index in [-0.39, 0.29) is 31.1 Å². The summed E-state index contributed by atoms with van der Waals surface area (Å²) >= 11 is 0. The summed E-state index contributed by atoms with van der Waals surface area (Å²) < 4.78 is 16.6. The molecule has 0 spiro atoms. The molecule has 0 aliphatic heterocycles. The van der Waals surface area contributed by atoms with Gasteiger partial charge in [-0.3, -0.25) is 14.4 Å². The van der Waals surface area contributed by atoms with Crippen molar-refractivity contribution in [2.24, 2.45) is 11.8 Å². The van der Waals surface area contributed by atoms with Crippen LogP contribution in [-0.4, -0.2) is 37.2 Å². The summed E-state index contributed by atoms with van der Waals surface area (Å²) in [5, 5.41) is 0. The topological polar surface area (TPSA) is 78.9 Å². The van der Waals surface area contributed by atoms with Gasteiger partial charge < -0.3 is 14.2 Å². The van der Waals surface area contributed by atoms with Crippen molar-refractivity contribution in [3.8, 4) is 0 Å². The van der Waals surface area contributed by atoms with Gasteiger partial charge in [-0.25, -0.2) is 0 Å². The van der Waals surface area contributed by atoms with E-state index >= 15 is 0 Å². The molecule has 0 aromatic carbocycles. The largest absolute Gasteiger partial charge is 0.462 e. The van der Waals surface area contributed by atoms with E-state index in [0.29, 0.717) is 19.3 Å². The van der Waals surface area contributed by atoms with Gasteiger partial charge in [0.2, 0.25) is 0 Å². The molecule has 0 N–H and O–H groups in total. The Kier molecular flexibility index (Phi) is 37.0. The Balaban J connectivity index is 4.29. The standard InChI is InChI=1S/C45H86O6/c1-6-8-9-10-18-25-30-35-43(46)49-38-42(51-45(48)37-32-27-22-17-16-20-24-29-34-41(5)7-2)39-50-44(47)36-31-26-21-15-13-11-12-14-19-23-28-33-40(3)4/h40-42H,6-39H2,1-5H3/t41?,42-/m1/s1. The quantitative estimate of drug-likeness (QED) is 0.0357. The minimum Gasteiger partial charge on any atom is -0.462 e. The van der Waals surface area contributed by atoms with Crippen molar-refractivity contribution < 1.29 is 28.6 Å². The minimum absolute atomic E-state index is 0.0657. The molecule has 1 unspecified atom stereocenters. The first-order chi connectivity index (χ1) is 24.8. The lowest BCUT2D eigenvalue weighted by atomic mass is 9.99. The van der Waals surface area contributed by atoms with E-state index in [1.165, 1.54) is 128 Å². The lowest BCUT2D eigenvalue weighted by molar-refractivity contribution is -0.167. The first-order valence-electron chi connectivity index (χ1n) is 22.3. The molecule has 0 heterocycles. The van der Waals surface area contributed by atoms with Gasteiger partial charge in [0.25, 0.3) is 0 Å². The maximum Gasteiger partial charge on any atom is 0.306 e. The van der Waals surface area contributed by atoms with E-state index in [2.05, 4.69) is 34.6 Å². The molecule has 0 aromatic heterocycles. The highest BCUT2D eigenvalue weighted by Gasteiger charge is 2.19. The average molecular weight is 723 g/mol. The Morgan fingerprint density at radius 1 is 0.412 bits per heavy atom. The molecule has 51 heavy (non-hydrogen) atoms. The summed E-state index contributed by atoms with van der Waals surface area (Å²) in [4.78, 5) is 37.5. The van der Waals surface area contributed by atoms with Crippen molar-refractivity contribution in [1.82, 2.24) is 0 Å². The number of rotatable bonds is 39. The normalized spacial score (nSPS) is 12.6. The van der Waals surface area contributed by atoms with Crippen molar-refractivity contribution in [2.45, 2.75) is 246 Å². The second-order valence-electron chi connectivity index (χ2n) is 16.1. The first kappa shape index (κ1) is 49.4. The highest BCUT2D eigenvalue weighted by molar-refractivity contribution is 5.71. The Morgan fingerprint density at radius 3 is 1.12 bits per heavy atom. The van der Waals surface area contributed by atoms with Gasteiger partial charge in [-0.15, -0.1) is 0 Å². The van der Waals surface area contributed by atoms with E-state index < -0.39 is 6.10 Å². The summed E-state index contributed by atoms with van der Waals surface area (Å²) in [5.41, 5.74) is 0. The van der Waals surface area contributed by atoms with Crippen molar-refractivity contribution in [3.05, 3.63) is 0 Å². The summed E-state index contributed by atoms with van der Waals surface area (Å²) in [6.45, 7) is 11.3. The molecule has 0 aromatic rings. The van der Waals surface area contributed by atoms with Crippen molar-refractivity contribution in [3.63, 3.8) is 0 Å². The fraction of sp³-hybridized carbons (Fsp3) is 0.933. The number of hydrogen-bond acceptors (Lipinski definition) is 6. The molecule has 6 heteroatoms. The predicted molar refractivity (Wildman–Crippen MR) is 215 cm³/mol. The van der Waals surface area contributed by atoms with Gasteiger partial charge in [0, 0.05) is 19.3 Å². The number of carbonyl (C=O) groups excluding carboxylic acids is 3. The molecule has 0 amide bonds. The van der Waals surface area contributed by atoms with Crippen LogP contribution in [0.25, 0.3) is 0 Å². The Labute approximate surface area is 317 Å². The molecule has 0 radical (unpaired) electrons. The molecule has 6 nitrogen and oxygen atoms in total. The van der Waals surface area contributed by atoms with Crippen LogP contribution in [0.15, 0.2) is 0 Å². The van der Waals surface area contributed by atoms with Crippen LogP contribution in [0.1, 0.15) is 240 Å². The maximum atomic E-state index is 12.7. The highest BCUT2D eigenvalue weighted by atomic mass is 16.6. The Bertz CT molecular complexity index is 781. The van der Waals surface area contributed by atoms with Crippen LogP contribution in [-0.2, 0) is 28.6 Å². The zero-order chi connectivity index (χ0) is 37.6. The summed E-state index contributed by atoms with van der Waals surface area (Å²) in [7, 11) is 0. The number of ether oxygens (including phenoxy) is 3. The van der Waals surface area contributed by atoms with Crippen LogP contribution in [0.3, 0.4) is 0 Å². The summed E-state index contributed by atoms with van der Waals surface area (Å²) in [6, 6.07) is 0. The number of hydrogen-bond donors (Lipinski definition) is 0. The molecule has 0 aliphatic carbocycles. The van der Waals surface area contributed by atoms with Crippen LogP contribution in [0.5, 0.6) is 0 Å². The summed E-state index contributed by atoms with van der Waals surface area (Å²) in [5.74, 6) is 0.805. The van der Waals surface area contributed by atoms with Gasteiger partial charge in [0.1, 0.15) is 13.2 Å². The fourth-order valence-electron chi connectivity index (χ4n) is 6.54. The monoisotopic (exact) mass is 723 g/mol. The lowest BCUT2D eigenvalue weighted by Crippen LogP contribution is -2.30. The molecular formula is C45H86O6. The van der Waals surface area contributed by atoms with Gasteiger partial charge in [-0.2, -0.15) is 0 Å². The van der Waals surface area contributed by atoms with Gasteiger partial charge >= 0.3 is 17.9 Å². The van der Waals surface area contributed by atoms with Crippen LogP contribution < -0.4 is 0 Å². The van der Waals surface area contributed by atoms with Gasteiger partial charge in [-0.05, 0) is 31.1 Å². The second kappa shape index (κ2) is 38.1. The maximum absolute atomic E-state index is 12.7. The molecule has 0 saturated carbocycles. The second-order valence-corrected chi connectivity index (χ2v) is 16.1. The molecule has 0 saturated heterocycles. The predicted octanol–water partition coefficient (Wildman–Crippen LogP) is 13.8. The Hall–Kier alpha value is -1.59. The number of unbranched alkanes of at least 4 members (excludes halogenated alkanes) is 23. The zero-order valence-corrected chi connectivity index (χ0v) is 34.7. The minimum atomic E-state index is -0.759. The van der Waals surface area contributed by atoms with E-state index in [1.807, 2.05) is 0 Å². The van der Waals surface area contributed by atoms with Gasteiger partial charge in [0.05, 0.1) is 0 Å². The third-order valence-corrected chi connectivity index (χ3v) is 10.3.